The lowest BCUT2D eigenvalue weighted by molar-refractivity contribution is -0.146. The van der Waals surface area contributed by atoms with Crippen molar-refractivity contribution in [2.75, 3.05) is 0 Å². The maximum atomic E-state index is 11.9. The van der Waals surface area contributed by atoms with E-state index in [2.05, 4.69) is 100 Å². The second-order valence-electron chi connectivity index (χ2n) is 15.2. The van der Waals surface area contributed by atoms with Gasteiger partial charge in [0.2, 0.25) is 0 Å². The largest absolute Gasteiger partial charge is 0.458 e. The zero-order chi connectivity index (χ0) is 28.6. The maximum Gasteiger partial charge on any atom is 0.303 e. The number of rotatable bonds is 10. The van der Waals surface area contributed by atoms with Crippen LogP contribution in [0, 0.1) is 23.7 Å². The third-order valence-corrected chi connectivity index (χ3v) is 18.6. The molecule has 0 N–H and O–H groups in total. The van der Waals surface area contributed by atoms with Gasteiger partial charge >= 0.3 is 5.97 Å². The average Bonchev–Trinajstić information content (AvgIpc) is 3.16. The Morgan fingerprint density at radius 2 is 1.57 bits per heavy atom. The Kier molecular flexibility index (Phi) is 10.4. The van der Waals surface area contributed by atoms with Gasteiger partial charge in [-0.15, -0.1) is 0 Å². The molecule has 0 spiro atoms. The number of ether oxygens (including phenoxy) is 1. The molecule has 0 aromatic heterocycles. The summed E-state index contributed by atoms with van der Waals surface area (Å²) >= 11 is 0. The molecule has 0 aromatic rings. The van der Waals surface area contributed by atoms with E-state index in [4.69, 9.17) is 13.6 Å². The van der Waals surface area contributed by atoms with Crippen molar-refractivity contribution in [3.05, 3.63) is 24.3 Å². The lowest BCUT2D eigenvalue weighted by Gasteiger charge is -2.40. The molecule has 0 amide bonds. The Morgan fingerprint density at radius 3 is 2.05 bits per heavy atom. The van der Waals surface area contributed by atoms with Crippen LogP contribution >= 0.6 is 0 Å². The van der Waals surface area contributed by atoms with Gasteiger partial charge in [-0.2, -0.15) is 0 Å². The van der Waals surface area contributed by atoms with Gasteiger partial charge in [-0.05, 0) is 79.4 Å². The minimum atomic E-state index is -1.97. The van der Waals surface area contributed by atoms with E-state index in [0.717, 1.165) is 31.3 Å². The molecule has 1 unspecified atom stereocenters. The standard InChI is InChI=1S/C31H58O4Si2/c1-21(2)15-16-24(34-36(11,12)30(5,6)7)17-18-25-26-19-22(3)29(33-23(4)32)27(26)20-28(25)35-37(13,14)31(8,9)10/h17-18,21,24-29H,3,15-16,19-20H2,1-2,4-14H3/b18-17+/t24-,25-,26-,27-,28+,29?/m0/s1. The molecule has 6 atom stereocenters. The third kappa shape index (κ3) is 8.15. The van der Waals surface area contributed by atoms with Crippen molar-refractivity contribution in [1.29, 1.82) is 0 Å². The van der Waals surface area contributed by atoms with Crippen molar-refractivity contribution >= 4 is 22.6 Å². The fraction of sp³-hybridized carbons (Fsp3) is 0.839. The van der Waals surface area contributed by atoms with Crippen LogP contribution in [0.25, 0.3) is 0 Å². The zero-order valence-corrected chi connectivity index (χ0v) is 28.4. The van der Waals surface area contributed by atoms with Crippen LogP contribution in [0.2, 0.25) is 36.3 Å². The number of carbonyl (C=O) groups is 1. The minimum Gasteiger partial charge on any atom is -0.458 e. The summed E-state index contributed by atoms with van der Waals surface area (Å²) in [6.07, 6.45) is 8.85. The summed E-state index contributed by atoms with van der Waals surface area (Å²) < 4.78 is 19.8. The first-order valence-electron chi connectivity index (χ1n) is 14.5. The van der Waals surface area contributed by atoms with Crippen molar-refractivity contribution in [1.82, 2.24) is 0 Å². The monoisotopic (exact) mass is 550 g/mol. The Labute approximate surface area is 231 Å². The van der Waals surface area contributed by atoms with E-state index >= 15 is 0 Å². The summed E-state index contributed by atoms with van der Waals surface area (Å²) in [5.74, 6) is 1.37. The molecule has 0 aromatic carbocycles. The van der Waals surface area contributed by atoms with Crippen molar-refractivity contribution in [3.63, 3.8) is 0 Å². The summed E-state index contributed by atoms with van der Waals surface area (Å²) in [5.41, 5.74) is 1.06. The molecule has 2 aliphatic carbocycles. The van der Waals surface area contributed by atoms with Crippen molar-refractivity contribution in [3.8, 4) is 0 Å². The fourth-order valence-electron chi connectivity index (χ4n) is 5.32. The Hall–Kier alpha value is -0.696. The molecule has 214 valence electrons. The third-order valence-electron chi connectivity index (χ3n) is 9.64. The summed E-state index contributed by atoms with van der Waals surface area (Å²) in [5, 5.41) is 0.312. The summed E-state index contributed by atoms with van der Waals surface area (Å²) in [4.78, 5) is 11.9. The Morgan fingerprint density at radius 1 is 1.00 bits per heavy atom. The normalized spacial score (nSPS) is 28.3. The second kappa shape index (κ2) is 11.8. The fourth-order valence-corrected chi connectivity index (χ4v) is 7.99. The van der Waals surface area contributed by atoms with Crippen LogP contribution in [0.1, 0.15) is 88.0 Å². The number of hydrogen-bond acceptors (Lipinski definition) is 4. The van der Waals surface area contributed by atoms with Crippen LogP contribution in [0.5, 0.6) is 0 Å². The lowest BCUT2D eigenvalue weighted by Crippen LogP contribution is -2.45. The van der Waals surface area contributed by atoms with Crippen LogP contribution in [0.15, 0.2) is 24.3 Å². The van der Waals surface area contributed by atoms with Crippen LogP contribution in [-0.4, -0.2) is 40.9 Å². The summed E-state index contributed by atoms with van der Waals surface area (Å²) in [6, 6.07) is 0. The van der Waals surface area contributed by atoms with Crippen LogP contribution in [-0.2, 0) is 18.4 Å². The highest BCUT2D eigenvalue weighted by atomic mass is 28.4. The predicted octanol–water partition coefficient (Wildman–Crippen LogP) is 8.90. The highest BCUT2D eigenvalue weighted by Crippen LogP contribution is 2.54. The van der Waals surface area contributed by atoms with Crippen LogP contribution in [0.4, 0.5) is 0 Å². The van der Waals surface area contributed by atoms with E-state index in [1.54, 1.807) is 0 Å². The highest BCUT2D eigenvalue weighted by Gasteiger charge is 2.54. The van der Waals surface area contributed by atoms with Crippen molar-refractivity contribution in [2.24, 2.45) is 23.7 Å². The predicted molar refractivity (Wildman–Crippen MR) is 162 cm³/mol. The molecule has 0 aliphatic heterocycles. The number of fused-ring (bicyclic) bond motifs is 1. The van der Waals surface area contributed by atoms with E-state index in [9.17, 15) is 4.79 Å². The van der Waals surface area contributed by atoms with Crippen LogP contribution < -0.4 is 0 Å². The first-order valence-corrected chi connectivity index (χ1v) is 20.4. The first-order chi connectivity index (χ1) is 16.7. The van der Waals surface area contributed by atoms with E-state index < -0.39 is 16.6 Å². The maximum absolute atomic E-state index is 11.9. The van der Waals surface area contributed by atoms with E-state index in [-0.39, 0.29) is 46.2 Å². The Balaban J connectivity index is 2.39. The van der Waals surface area contributed by atoms with Gasteiger partial charge in [0, 0.05) is 18.8 Å². The van der Waals surface area contributed by atoms with Gasteiger partial charge in [-0.3, -0.25) is 4.79 Å². The molecule has 0 radical (unpaired) electrons. The van der Waals surface area contributed by atoms with Crippen LogP contribution in [0.3, 0.4) is 0 Å². The molecule has 0 heterocycles. The first kappa shape index (κ1) is 32.5. The minimum absolute atomic E-state index is 0.115. The van der Waals surface area contributed by atoms with Crippen molar-refractivity contribution in [2.45, 2.75) is 143 Å². The van der Waals surface area contributed by atoms with E-state index in [1.807, 2.05) is 0 Å². The van der Waals surface area contributed by atoms with E-state index in [1.165, 1.54) is 6.92 Å². The van der Waals surface area contributed by atoms with Gasteiger partial charge in [0.05, 0.1) is 12.2 Å². The number of carbonyl (C=O) groups excluding carboxylic acids is 1. The molecule has 2 saturated carbocycles. The SMILES string of the molecule is C=C1C[C@H]2[C@H](/C=C/[C@H](CCC(C)C)O[Si](C)(C)C(C)(C)C)[C@H](O[Si](C)(C)C(C)(C)C)C[C@@H]2C1OC(C)=O. The van der Waals surface area contributed by atoms with Gasteiger partial charge in [-0.1, -0.05) is 74.1 Å². The molecular weight excluding hydrogens is 493 g/mol. The van der Waals surface area contributed by atoms with Gasteiger partial charge < -0.3 is 13.6 Å². The lowest BCUT2D eigenvalue weighted by atomic mass is 9.90. The quantitative estimate of drug-likeness (QED) is 0.155. The molecule has 6 heteroatoms. The smallest absolute Gasteiger partial charge is 0.303 e. The van der Waals surface area contributed by atoms with Gasteiger partial charge in [0.1, 0.15) is 6.10 Å². The molecule has 2 aliphatic rings. The molecule has 0 bridgehead atoms. The highest BCUT2D eigenvalue weighted by molar-refractivity contribution is 6.74. The Bertz CT molecular complexity index is 831. The summed E-state index contributed by atoms with van der Waals surface area (Å²) in [7, 11) is -3.88. The molecule has 0 saturated heterocycles. The molecular formula is C31H58O4Si2. The van der Waals surface area contributed by atoms with Crippen molar-refractivity contribution < 1.29 is 18.4 Å². The molecule has 2 rings (SSSR count). The average molecular weight is 551 g/mol. The second-order valence-corrected chi connectivity index (χ2v) is 24.7. The zero-order valence-electron chi connectivity index (χ0n) is 26.4. The van der Waals surface area contributed by atoms with Gasteiger partial charge in [-0.25, -0.2) is 0 Å². The summed E-state index contributed by atoms with van der Waals surface area (Å²) in [6.45, 7) is 33.6. The molecule has 2 fully saturated rings. The van der Waals surface area contributed by atoms with Gasteiger partial charge in [0.15, 0.2) is 16.6 Å². The van der Waals surface area contributed by atoms with E-state index in [0.29, 0.717) is 11.8 Å². The number of hydrogen-bond donors (Lipinski definition) is 0. The number of esters is 1. The molecule has 4 nitrogen and oxygen atoms in total. The van der Waals surface area contributed by atoms with Gasteiger partial charge in [0.25, 0.3) is 0 Å². The topological polar surface area (TPSA) is 44.8 Å². The molecule has 37 heavy (non-hydrogen) atoms.